The molecule has 47 heavy (non-hydrogen) atoms. The molecule has 6 nitrogen and oxygen atoms in total. The lowest BCUT2D eigenvalue weighted by Crippen LogP contribution is -2.67. The van der Waals surface area contributed by atoms with Gasteiger partial charge in [-0.15, -0.1) is 11.3 Å². The van der Waals surface area contributed by atoms with E-state index in [1.807, 2.05) is 6.92 Å². The Morgan fingerprint density at radius 2 is 1.79 bits per heavy atom. The molecule has 1 unspecified atom stereocenters. The van der Waals surface area contributed by atoms with Crippen LogP contribution in [0.4, 0.5) is 4.39 Å². The van der Waals surface area contributed by atoms with Gasteiger partial charge in [0.25, 0.3) is 10.0 Å². The summed E-state index contributed by atoms with van der Waals surface area (Å²) in [5.41, 5.74) is -2.61. The fourth-order valence-electron chi connectivity index (χ4n) is 11.0. The van der Waals surface area contributed by atoms with Gasteiger partial charge in [-0.25, -0.2) is 12.8 Å². The number of thiophene rings is 1. The molecule has 1 aromatic heterocycles. The number of aliphatic hydroxyl groups excluding tert-OH is 1. The fourth-order valence-corrected chi connectivity index (χ4v) is 13.9. The Kier molecular flexibility index (Phi) is 8.10. The molecule has 8 atom stereocenters. The highest BCUT2D eigenvalue weighted by Crippen LogP contribution is 2.78. The van der Waals surface area contributed by atoms with E-state index in [0.717, 1.165) is 12.8 Å². The number of fused-ring (bicyclic) bond motifs is 1. The van der Waals surface area contributed by atoms with Crippen molar-refractivity contribution in [1.82, 2.24) is 4.31 Å². The van der Waals surface area contributed by atoms with E-state index in [-0.39, 0.29) is 50.8 Å². The van der Waals surface area contributed by atoms with Gasteiger partial charge >= 0.3 is 0 Å². The van der Waals surface area contributed by atoms with Crippen LogP contribution in [0.15, 0.2) is 63.7 Å². The minimum Gasteiger partial charge on any atom is -0.393 e. The van der Waals surface area contributed by atoms with E-state index in [0.29, 0.717) is 50.6 Å². The third-order valence-corrected chi connectivity index (χ3v) is 17.0. The number of rotatable bonds is 9. The predicted molar refractivity (Wildman–Crippen MR) is 182 cm³/mol. The van der Waals surface area contributed by atoms with Crippen molar-refractivity contribution in [3.8, 4) is 0 Å². The zero-order valence-electron chi connectivity index (χ0n) is 27.3. The average Bonchev–Trinajstić information content (AvgIpc) is 3.66. The summed E-state index contributed by atoms with van der Waals surface area (Å²) in [5, 5.41) is 25.6. The molecule has 10 heteroatoms. The second-order valence-electron chi connectivity index (χ2n) is 15.4. The van der Waals surface area contributed by atoms with Gasteiger partial charge in [-0.3, -0.25) is 4.79 Å². The standard InChI is InChI=1S/C37H45ClFNO5S2/c1-4-18-40(47(44,45)32-9-6-19-46-32)23-36(43)15-12-31-34(36,3)14-11-30-33(2)13-10-24(41)21-35(33)16-17-37(30,31)26(22-35)29(42)20-25-27(38)7-5-8-28(25)39/h5-9,16-17,19,22,24,30-31,41,43H,4,10-15,18,20-21,23H2,1-3H3/t24?,30-,31-,33-,34+,35+,36-,37-/m1/s1. The van der Waals surface area contributed by atoms with Crippen LogP contribution >= 0.6 is 22.9 Å². The van der Waals surface area contributed by atoms with E-state index in [1.165, 1.54) is 27.8 Å². The highest BCUT2D eigenvalue weighted by Gasteiger charge is 2.74. The van der Waals surface area contributed by atoms with E-state index in [4.69, 9.17) is 11.6 Å². The predicted octanol–water partition coefficient (Wildman–Crippen LogP) is 7.34. The highest BCUT2D eigenvalue weighted by atomic mass is 35.5. The lowest BCUT2D eigenvalue weighted by Gasteiger charge is -2.71. The van der Waals surface area contributed by atoms with Crippen molar-refractivity contribution in [3.05, 3.63) is 75.9 Å². The van der Waals surface area contributed by atoms with Gasteiger partial charge in [0.05, 0.1) is 11.7 Å². The quantitative estimate of drug-likeness (QED) is 0.267. The monoisotopic (exact) mass is 701 g/mol. The number of ketones is 1. The number of sulfonamides is 1. The zero-order valence-corrected chi connectivity index (χ0v) is 29.7. The topological polar surface area (TPSA) is 94.9 Å². The molecule has 6 aliphatic rings. The van der Waals surface area contributed by atoms with Crippen LogP contribution in [0.25, 0.3) is 0 Å². The maximum absolute atomic E-state index is 15.0. The molecule has 254 valence electrons. The summed E-state index contributed by atoms with van der Waals surface area (Å²) in [6.45, 7) is 6.65. The van der Waals surface area contributed by atoms with E-state index >= 15 is 4.39 Å². The van der Waals surface area contributed by atoms with Crippen molar-refractivity contribution in [2.24, 2.45) is 33.5 Å². The van der Waals surface area contributed by atoms with Gasteiger partial charge in [-0.1, -0.05) is 62.7 Å². The maximum Gasteiger partial charge on any atom is 0.252 e. The van der Waals surface area contributed by atoms with Crippen molar-refractivity contribution in [1.29, 1.82) is 0 Å². The summed E-state index contributed by atoms with van der Waals surface area (Å²) in [5.74, 6) is -0.758. The second kappa shape index (κ2) is 11.3. The summed E-state index contributed by atoms with van der Waals surface area (Å²) in [4.78, 5) is 14.6. The Morgan fingerprint density at radius 1 is 1.06 bits per heavy atom. The summed E-state index contributed by atoms with van der Waals surface area (Å²) in [6, 6.07) is 7.80. The first kappa shape index (κ1) is 33.6. The Labute approximate surface area is 286 Å². The van der Waals surface area contributed by atoms with Crippen LogP contribution in [0, 0.1) is 39.3 Å². The van der Waals surface area contributed by atoms with E-state index in [2.05, 4.69) is 32.1 Å². The number of halogens is 2. The Morgan fingerprint density at radius 3 is 2.49 bits per heavy atom. The van der Waals surface area contributed by atoms with Gasteiger partial charge in [0.1, 0.15) is 10.0 Å². The summed E-state index contributed by atoms with van der Waals surface area (Å²) in [6.07, 6.45) is 11.0. The van der Waals surface area contributed by atoms with E-state index in [1.54, 1.807) is 23.6 Å². The van der Waals surface area contributed by atoms with Crippen LogP contribution in [0.1, 0.15) is 77.7 Å². The van der Waals surface area contributed by atoms with Gasteiger partial charge in [-0.2, -0.15) is 4.31 Å². The SMILES string of the molecule is CCCN(C[C@]1(O)CC[C@H]2[C@]34C=C[C@@]5(C=C3C(=O)Cc3c(F)cccc3Cl)CC(O)CC[C@]5(C)[C@H]4CC[C@@]21C)S(=O)(=O)c1cccs1. The Balaban J connectivity index is 1.32. The van der Waals surface area contributed by atoms with Crippen molar-refractivity contribution < 1.29 is 27.8 Å². The van der Waals surface area contributed by atoms with Crippen molar-refractivity contribution in [3.63, 3.8) is 0 Å². The number of nitrogens with zero attached hydrogens (tertiary/aromatic N) is 1. The van der Waals surface area contributed by atoms with Gasteiger partial charge < -0.3 is 10.2 Å². The van der Waals surface area contributed by atoms with Crippen LogP contribution < -0.4 is 0 Å². The van der Waals surface area contributed by atoms with E-state index in [9.17, 15) is 23.4 Å². The van der Waals surface area contributed by atoms with Crippen LogP contribution in [-0.2, 0) is 21.2 Å². The van der Waals surface area contributed by atoms with E-state index < -0.39 is 43.8 Å². The lowest BCUT2D eigenvalue weighted by atomic mass is 9.32. The first-order chi connectivity index (χ1) is 22.2. The number of hydrogen-bond acceptors (Lipinski definition) is 6. The number of allylic oxidation sites excluding steroid dienone is 4. The van der Waals surface area contributed by atoms with Crippen LogP contribution in [0.3, 0.4) is 0 Å². The fraction of sp³-hybridized carbons (Fsp3) is 0.595. The van der Waals surface area contributed by atoms with Crippen LogP contribution in [0.2, 0.25) is 5.02 Å². The van der Waals surface area contributed by atoms with Gasteiger partial charge in [0.15, 0.2) is 5.78 Å². The largest absolute Gasteiger partial charge is 0.393 e. The molecule has 1 aromatic carbocycles. The van der Waals surface area contributed by atoms with Crippen LogP contribution in [0.5, 0.6) is 0 Å². The number of benzene rings is 1. The van der Waals surface area contributed by atoms with Crippen molar-refractivity contribution >= 4 is 38.7 Å². The molecule has 0 aliphatic heterocycles. The zero-order chi connectivity index (χ0) is 33.6. The number of carbonyl (C=O) groups excluding carboxylic acids is 1. The highest BCUT2D eigenvalue weighted by molar-refractivity contribution is 7.91. The molecule has 2 bridgehead atoms. The third-order valence-electron chi connectivity index (χ3n) is 13.4. The third kappa shape index (κ3) is 4.62. The first-order valence-electron chi connectivity index (χ1n) is 17.0. The molecule has 0 radical (unpaired) electrons. The number of carbonyl (C=O) groups is 1. The maximum atomic E-state index is 15.0. The van der Waals surface area contributed by atoms with Gasteiger partial charge in [-0.05, 0) is 92.2 Å². The molecule has 2 spiro atoms. The summed E-state index contributed by atoms with van der Waals surface area (Å²) in [7, 11) is -3.80. The molecular formula is C37H45ClFNO5S2. The number of hydrogen-bond donors (Lipinski definition) is 2. The molecule has 3 fully saturated rings. The normalized spacial score (nSPS) is 39.0. The molecule has 1 heterocycles. The van der Waals surface area contributed by atoms with Crippen LogP contribution in [-0.4, -0.2) is 53.5 Å². The summed E-state index contributed by atoms with van der Waals surface area (Å²) < 4.78 is 44.4. The molecule has 2 N–H and O–H groups in total. The van der Waals surface area contributed by atoms with Gasteiger partial charge in [0, 0.05) is 51.9 Å². The lowest BCUT2D eigenvalue weighted by molar-refractivity contribution is -0.176. The Bertz CT molecular complexity index is 1740. The second-order valence-corrected chi connectivity index (χ2v) is 18.9. The first-order valence-corrected chi connectivity index (χ1v) is 19.7. The minimum atomic E-state index is -3.80. The number of Topliss-reactive ketones (excluding diaryl/α,β-unsaturated/α-hetero) is 1. The van der Waals surface area contributed by atoms with Gasteiger partial charge in [0.2, 0.25) is 0 Å². The Hall–Kier alpha value is -1.88. The molecule has 0 saturated heterocycles. The average molecular weight is 702 g/mol. The molecule has 8 rings (SSSR count). The molecule has 2 aromatic rings. The number of aliphatic hydroxyl groups is 2. The van der Waals surface area contributed by atoms with Crippen molar-refractivity contribution in [2.45, 2.75) is 94.5 Å². The molecular weight excluding hydrogens is 657 g/mol. The smallest absolute Gasteiger partial charge is 0.252 e. The van der Waals surface area contributed by atoms with Crippen molar-refractivity contribution in [2.75, 3.05) is 13.1 Å². The summed E-state index contributed by atoms with van der Waals surface area (Å²) >= 11 is 7.61. The molecule has 3 saturated carbocycles. The molecule has 0 amide bonds. The molecule has 6 aliphatic carbocycles. The minimum absolute atomic E-state index is 0.0102.